The lowest BCUT2D eigenvalue weighted by molar-refractivity contribution is -0.141. The monoisotopic (exact) mass is 302 g/mol. The second kappa shape index (κ2) is 6.77. The van der Waals surface area contributed by atoms with Crippen LogP contribution in [0, 0.1) is 19.8 Å². The molecule has 1 unspecified atom stereocenters. The molecule has 1 atom stereocenters. The first-order valence-corrected chi connectivity index (χ1v) is 7.36. The maximum absolute atomic E-state index is 11.5. The standard InChI is InChI=1S/C18H19ClO2/c1-12-6-13(2)8-15(7-12)10-16(18(20)21)9-14-4-3-5-17(19)11-14/h3-8,11,16H,9-10H2,1-2H3,(H,20,21). The van der Waals surface area contributed by atoms with Crippen molar-refractivity contribution in [3.8, 4) is 0 Å². The quantitative estimate of drug-likeness (QED) is 0.886. The summed E-state index contributed by atoms with van der Waals surface area (Å²) in [6, 6.07) is 13.6. The van der Waals surface area contributed by atoms with E-state index in [2.05, 4.69) is 18.2 Å². The Balaban J connectivity index is 2.17. The Kier molecular flexibility index (Phi) is 5.03. The van der Waals surface area contributed by atoms with Crippen LogP contribution in [-0.2, 0) is 17.6 Å². The highest BCUT2D eigenvalue weighted by atomic mass is 35.5. The molecule has 21 heavy (non-hydrogen) atoms. The van der Waals surface area contributed by atoms with Gasteiger partial charge in [0.15, 0.2) is 0 Å². The van der Waals surface area contributed by atoms with Gasteiger partial charge in [-0.1, -0.05) is 53.1 Å². The van der Waals surface area contributed by atoms with Gasteiger partial charge in [0, 0.05) is 5.02 Å². The van der Waals surface area contributed by atoms with E-state index in [4.69, 9.17) is 11.6 Å². The average Bonchev–Trinajstić information content (AvgIpc) is 2.36. The Morgan fingerprint density at radius 3 is 2.24 bits per heavy atom. The summed E-state index contributed by atoms with van der Waals surface area (Å²) in [4.78, 5) is 11.5. The summed E-state index contributed by atoms with van der Waals surface area (Å²) in [6.45, 7) is 4.06. The number of carbonyl (C=O) groups is 1. The first kappa shape index (κ1) is 15.6. The van der Waals surface area contributed by atoms with Crippen LogP contribution in [0.2, 0.25) is 5.02 Å². The zero-order valence-corrected chi connectivity index (χ0v) is 13.0. The van der Waals surface area contributed by atoms with Gasteiger partial charge < -0.3 is 5.11 Å². The number of hydrogen-bond acceptors (Lipinski definition) is 1. The first-order chi connectivity index (χ1) is 9.94. The third-order valence-corrected chi connectivity index (χ3v) is 3.72. The summed E-state index contributed by atoms with van der Waals surface area (Å²) in [5.41, 5.74) is 4.36. The summed E-state index contributed by atoms with van der Waals surface area (Å²) in [5.74, 6) is -1.21. The highest BCUT2D eigenvalue weighted by Crippen LogP contribution is 2.19. The lowest BCUT2D eigenvalue weighted by Gasteiger charge is -2.14. The van der Waals surface area contributed by atoms with Crippen molar-refractivity contribution in [2.75, 3.05) is 0 Å². The molecule has 0 saturated heterocycles. The van der Waals surface area contributed by atoms with Crippen molar-refractivity contribution in [1.82, 2.24) is 0 Å². The van der Waals surface area contributed by atoms with Gasteiger partial charge in [0.1, 0.15) is 0 Å². The SMILES string of the molecule is Cc1cc(C)cc(CC(Cc2cccc(Cl)c2)C(=O)O)c1. The van der Waals surface area contributed by atoms with Gasteiger partial charge in [0.05, 0.1) is 5.92 Å². The first-order valence-electron chi connectivity index (χ1n) is 6.98. The van der Waals surface area contributed by atoms with Crippen LogP contribution >= 0.6 is 11.6 Å². The van der Waals surface area contributed by atoms with Crippen molar-refractivity contribution in [2.24, 2.45) is 5.92 Å². The van der Waals surface area contributed by atoms with E-state index in [1.807, 2.05) is 32.0 Å². The highest BCUT2D eigenvalue weighted by Gasteiger charge is 2.19. The molecule has 2 aromatic carbocycles. The van der Waals surface area contributed by atoms with Crippen LogP contribution in [0.25, 0.3) is 0 Å². The van der Waals surface area contributed by atoms with E-state index in [-0.39, 0.29) is 0 Å². The van der Waals surface area contributed by atoms with E-state index < -0.39 is 11.9 Å². The van der Waals surface area contributed by atoms with Gasteiger partial charge in [-0.25, -0.2) is 0 Å². The zero-order valence-electron chi connectivity index (χ0n) is 12.3. The molecule has 1 N–H and O–H groups in total. The minimum Gasteiger partial charge on any atom is -0.481 e. The number of hydrogen-bond donors (Lipinski definition) is 1. The van der Waals surface area contributed by atoms with Gasteiger partial charge in [0.2, 0.25) is 0 Å². The van der Waals surface area contributed by atoms with E-state index in [0.717, 1.165) is 22.3 Å². The van der Waals surface area contributed by atoms with E-state index in [9.17, 15) is 9.90 Å². The number of carboxylic acid groups (broad SMARTS) is 1. The van der Waals surface area contributed by atoms with Gasteiger partial charge in [-0.2, -0.15) is 0 Å². The molecule has 0 saturated carbocycles. The maximum Gasteiger partial charge on any atom is 0.307 e. The number of rotatable bonds is 5. The van der Waals surface area contributed by atoms with E-state index in [1.165, 1.54) is 0 Å². The molecule has 0 aliphatic heterocycles. The number of benzene rings is 2. The second-order valence-corrected chi connectivity index (χ2v) is 6.01. The van der Waals surface area contributed by atoms with Crippen molar-refractivity contribution >= 4 is 17.6 Å². The lowest BCUT2D eigenvalue weighted by atomic mass is 9.91. The molecule has 0 aliphatic rings. The van der Waals surface area contributed by atoms with Crippen molar-refractivity contribution in [2.45, 2.75) is 26.7 Å². The summed E-state index contributed by atoms with van der Waals surface area (Å²) >= 11 is 5.96. The third kappa shape index (κ3) is 4.61. The Morgan fingerprint density at radius 2 is 1.67 bits per heavy atom. The molecule has 0 amide bonds. The average molecular weight is 303 g/mol. The number of aliphatic carboxylic acids is 1. The van der Waals surface area contributed by atoms with Crippen LogP contribution in [0.4, 0.5) is 0 Å². The molecule has 110 valence electrons. The molecular weight excluding hydrogens is 284 g/mol. The number of halogens is 1. The minimum absolute atomic E-state index is 0.440. The molecule has 2 nitrogen and oxygen atoms in total. The maximum atomic E-state index is 11.5. The molecule has 0 spiro atoms. The van der Waals surface area contributed by atoms with Crippen LogP contribution in [-0.4, -0.2) is 11.1 Å². The summed E-state index contributed by atoms with van der Waals surface area (Å²) in [5, 5.41) is 10.1. The third-order valence-electron chi connectivity index (χ3n) is 3.48. The molecule has 0 bridgehead atoms. The van der Waals surface area contributed by atoms with Crippen molar-refractivity contribution in [3.63, 3.8) is 0 Å². The Hall–Kier alpha value is -1.80. The highest BCUT2D eigenvalue weighted by molar-refractivity contribution is 6.30. The molecule has 0 aliphatic carbocycles. The van der Waals surface area contributed by atoms with Crippen LogP contribution in [0.3, 0.4) is 0 Å². The Labute approximate surface area is 130 Å². The van der Waals surface area contributed by atoms with Gasteiger partial charge in [-0.3, -0.25) is 4.79 Å². The van der Waals surface area contributed by atoms with Crippen molar-refractivity contribution in [3.05, 3.63) is 69.7 Å². The van der Waals surface area contributed by atoms with Crippen molar-refractivity contribution < 1.29 is 9.90 Å². The fraction of sp³-hybridized carbons (Fsp3) is 0.278. The predicted octanol–water partition coefficient (Wildman–Crippen LogP) is 4.44. The molecule has 2 aromatic rings. The van der Waals surface area contributed by atoms with Gasteiger partial charge in [0.25, 0.3) is 0 Å². The number of aryl methyl sites for hydroxylation is 2. The minimum atomic E-state index is -0.769. The lowest BCUT2D eigenvalue weighted by Crippen LogP contribution is -2.19. The summed E-state index contributed by atoms with van der Waals surface area (Å²) in [7, 11) is 0. The Morgan fingerprint density at radius 1 is 1.05 bits per heavy atom. The molecule has 0 radical (unpaired) electrons. The van der Waals surface area contributed by atoms with Gasteiger partial charge in [-0.05, 0) is 49.9 Å². The number of carboxylic acids is 1. The zero-order chi connectivity index (χ0) is 15.4. The van der Waals surface area contributed by atoms with E-state index >= 15 is 0 Å². The summed E-state index contributed by atoms with van der Waals surface area (Å²) < 4.78 is 0. The van der Waals surface area contributed by atoms with Crippen molar-refractivity contribution in [1.29, 1.82) is 0 Å². The Bertz CT molecular complexity index is 629. The fourth-order valence-electron chi connectivity index (χ4n) is 2.67. The van der Waals surface area contributed by atoms with Gasteiger partial charge in [-0.15, -0.1) is 0 Å². The van der Waals surface area contributed by atoms with Crippen LogP contribution in [0.5, 0.6) is 0 Å². The van der Waals surface area contributed by atoms with E-state index in [1.54, 1.807) is 6.07 Å². The largest absolute Gasteiger partial charge is 0.481 e. The second-order valence-electron chi connectivity index (χ2n) is 5.57. The smallest absolute Gasteiger partial charge is 0.307 e. The fourth-order valence-corrected chi connectivity index (χ4v) is 2.88. The molecule has 0 fully saturated rings. The van der Waals surface area contributed by atoms with Crippen LogP contribution < -0.4 is 0 Å². The molecule has 2 rings (SSSR count). The molecular formula is C18H19ClO2. The molecule has 0 heterocycles. The van der Waals surface area contributed by atoms with Crippen LogP contribution in [0.1, 0.15) is 22.3 Å². The van der Waals surface area contributed by atoms with E-state index in [0.29, 0.717) is 17.9 Å². The summed E-state index contributed by atoms with van der Waals surface area (Å²) in [6.07, 6.45) is 1.02. The molecule has 3 heteroatoms. The topological polar surface area (TPSA) is 37.3 Å². The predicted molar refractivity (Wildman–Crippen MR) is 85.9 cm³/mol. The normalized spacial score (nSPS) is 12.1. The van der Waals surface area contributed by atoms with Gasteiger partial charge >= 0.3 is 5.97 Å². The van der Waals surface area contributed by atoms with Crippen LogP contribution in [0.15, 0.2) is 42.5 Å². The molecule has 0 aromatic heterocycles.